The summed E-state index contributed by atoms with van der Waals surface area (Å²) in [6.45, 7) is 6.26. The fourth-order valence-electron chi connectivity index (χ4n) is 2.01. The lowest BCUT2D eigenvalue weighted by Gasteiger charge is -2.30. The first-order chi connectivity index (χ1) is 8.04. The summed E-state index contributed by atoms with van der Waals surface area (Å²) in [4.78, 5) is 21.3. The number of hydrogen-bond acceptors (Lipinski definition) is 4. The van der Waals surface area contributed by atoms with Gasteiger partial charge in [0.05, 0.1) is 0 Å². The minimum atomic E-state index is -0.487. The van der Waals surface area contributed by atoms with E-state index in [1.165, 1.54) is 0 Å². The second kappa shape index (κ2) is 6.42. The van der Waals surface area contributed by atoms with Crippen LogP contribution in [0.5, 0.6) is 0 Å². The molecule has 17 heavy (non-hydrogen) atoms. The van der Waals surface area contributed by atoms with E-state index < -0.39 is 5.97 Å². The van der Waals surface area contributed by atoms with Crippen molar-refractivity contribution < 1.29 is 19.1 Å². The van der Waals surface area contributed by atoms with Crippen LogP contribution in [0.2, 0.25) is 0 Å². The van der Waals surface area contributed by atoms with Crippen molar-refractivity contribution in [3.8, 4) is 0 Å². The van der Waals surface area contributed by atoms with E-state index in [4.69, 9.17) is 4.74 Å². The summed E-state index contributed by atoms with van der Waals surface area (Å²) in [6.07, 6.45) is 3.86. The zero-order chi connectivity index (χ0) is 12.8. The SMILES string of the molecule is CC1=CCC(C(C)C)CC1OC(=O)COC=O. The van der Waals surface area contributed by atoms with Crippen LogP contribution in [0.25, 0.3) is 0 Å². The molecule has 0 aromatic rings. The van der Waals surface area contributed by atoms with Gasteiger partial charge in [-0.1, -0.05) is 19.9 Å². The maximum absolute atomic E-state index is 11.4. The minimum Gasteiger partial charge on any atom is -0.456 e. The van der Waals surface area contributed by atoms with Crippen LogP contribution in [-0.2, 0) is 19.1 Å². The number of carbonyl (C=O) groups excluding carboxylic acids is 2. The van der Waals surface area contributed by atoms with Crippen molar-refractivity contribution in [2.45, 2.75) is 39.7 Å². The summed E-state index contributed by atoms with van der Waals surface area (Å²) in [6, 6.07) is 0. The van der Waals surface area contributed by atoms with Gasteiger partial charge in [-0.15, -0.1) is 0 Å². The molecule has 0 fully saturated rings. The standard InChI is InChI=1S/C13H20O4/c1-9(2)11-5-4-10(3)12(6-11)17-13(15)7-16-8-14/h4,8-9,11-12H,5-7H2,1-3H3. The summed E-state index contributed by atoms with van der Waals surface area (Å²) in [7, 11) is 0. The van der Waals surface area contributed by atoms with Crippen molar-refractivity contribution >= 4 is 12.4 Å². The molecular formula is C13H20O4. The molecule has 0 spiro atoms. The molecule has 0 aliphatic heterocycles. The maximum Gasteiger partial charge on any atom is 0.344 e. The number of ether oxygens (including phenoxy) is 2. The summed E-state index contributed by atoms with van der Waals surface area (Å²) >= 11 is 0. The van der Waals surface area contributed by atoms with Crippen molar-refractivity contribution in [3.63, 3.8) is 0 Å². The van der Waals surface area contributed by atoms with Gasteiger partial charge >= 0.3 is 5.97 Å². The highest BCUT2D eigenvalue weighted by molar-refractivity contribution is 5.72. The Kier molecular flexibility index (Phi) is 5.19. The molecule has 0 N–H and O–H groups in total. The fourth-order valence-corrected chi connectivity index (χ4v) is 2.01. The normalized spacial score (nSPS) is 24.1. The summed E-state index contributed by atoms with van der Waals surface area (Å²) in [5, 5.41) is 0. The van der Waals surface area contributed by atoms with Crippen LogP contribution in [0.4, 0.5) is 0 Å². The first kappa shape index (κ1) is 13.7. The molecule has 2 atom stereocenters. The third-order valence-corrected chi connectivity index (χ3v) is 3.25. The quantitative estimate of drug-likeness (QED) is 0.419. The van der Waals surface area contributed by atoms with Crippen molar-refractivity contribution in [1.82, 2.24) is 0 Å². The average molecular weight is 240 g/mol. The Labute approximate surface area is 102 Å². The zero-order valence-corrected chi connectivity index (χ0v) is 10.6. The molecule has 2 unspecified atom stereocenters. The highest BCUT2D eigenvalue weighted by Crippen LogP contribution is 2.30. The van der Waals surface area contributed by atoms with Gasteiger partial charge in [0.1, 0.15) is 6.10 Å². The van der Waals surface area contributed by atoms with Gasteiger partial charge in [0, 0.05) is 0 Å². The monoisotopic (exact) mass is 240 g/mol. The maximum atomic E-state index is 11.4. The van der Waals surface area contributed by atoms with E-state index in [2.05, 4.69) is 24.7 Å². The van der Waals surface area contributed by atoms with Gasteiger partial charge in [-0.05, 0) is 37.2 Å². The topological polar surface area (TPSA) is 52.6 Å². The molecule has 0 aromatic carbocycles. The predicted molar refractivity (Wildman–Crippen MR) is 63.2 cm³/mol. The molecule has 0 saturated heterocycles. The zero-order valence-electron chi connectivity index (χ0n) is 10.6. The Hall–Kier alpha value is -1.32. The van der Waals surface area contributed by atoms with Crippen molar-refractivity contribution in [2.24, 2.45) is 11.8 Å². The Morgan fingerprint density at radius 1 is 1.59 bits per heavy atom. The van der Waals surface area contributed by atoms with Gasteiger partial charge in [0.2, 0.25) is 0 Å². The molecule has 96 valence electrons. The molecule has 1 rings (SSSR count). The van der Waals surface area contributed by atoms with Crippen LogP contribution in [-0.4, -0.2) is 25.2 Å². The van der Waals surface area contributed by atoms with E-state index in [1.807, 2.05) is 6.92 Å². The molecule has 0 aromatic heterocycles. The molecule has 0 bridgehead atoms. The molecule has 0 saturated carbocycles. The molecule has 1 aliphatic carbocycles. The lowest BCUT2D eigenvalue weighted by molar-refractivity contribution is -0.157. The van der Waals surface area contributed by atoms with Gasteiger partial charge in [0.15, 0.2) is 6.61 Å². The smallest absolute Gasteiger partial charge is 0.344 e. The molecule has 0 radical (unpaired) electrons. The lowest BCUT2D eigenvalue weighted by Crippen LogP contribution is -2.29. The largest absolute Gasteiger partial charge is 0.456 e. The van der Waals surface area contributed by atoms with Crippen LogP contribution in [0.3, 0.4) is 0 Å². The number of rotatable bonds is 5. The predicted octanol–water partition coefficient (Wildman–Crippen LogP) is 2.08. The third-order valence-electron chi connectivity index (χ3n) is 3.25. The fraction of sp³-hybridized carbons (Fsp3) is 0.692. The highest BCUT2D eigenvalue weighted by Gasteiger charge is 2.26. The lowest BCUT2D eigenvalue weighted by atomic mass is 9.81. The molecule has 4 heteroatoms. The van der Waals surface area contributed by atoms with Crippen LogP contribution < -0.4 is 0 Å². The highest BCUT2D eigenvalue weighted by atomic mass is 16.6. The third kappa shape index (κ3) is 4.21. The first-order valence-corrected chi connectivity index (χ1v) is 5.96. The molecule has 4 nitrogen and oxygen atoms in total. The van der Waals surface area contributed by atoms with Crippen LogP contribution in [0, 0.1) is 11.8 Å². The van der Waals surface area contributed by atoms with Gasteiger partial charge in [-0.2, -0.15) is 0 Å². The van der Waals surface area contributed by atoms with Gasteiger partial charge in [0.25, 0.3) is 6.47 Å². The van der Waals surface area contributed by atoms with Gasteiger partial charge in [-0.25, -0.2) is 4.79 Å². The molecule has 0 heterocycles. The van der Waals surface area contributed by atoms with Crippen LogP contribution in [0.15, 0.2) is 11.6 Å². The number of esters is 1. The van der Waals surface area contributed by atoms with Gasteiger partial charge in [-0.3, -0.25) is 4.79 Å². The molecule has 1 aliphatic rings. The van der Waals surface area contributed by atoms with Crippen molar-refractivity contribution in [2.75, 3.05) is 6.61 Å². The minimum absolute atomic E-state index is 0.168. The van der Waals surface area contributed by atoms with E-state index >= 15 is 0 Å². The molecular weight excluding hydrogens is 220 g/mol. The van der Waals surface area contributed by atoms with Crippen molar-refractivity contribution in [1.29, 1.82) is 0 Å². The van der Waals surface area contributed by atoms with Crippen molar-refractivity contribution in [3.05, 3.63) is 11.6 Å². The second-order valence-electron chi connectivity index (χ2n) is 4.81. The van der Waals surface area contributed by atoms with E-state index in [0.29, 0.717) is 11.8 Å². The Morgan fingerprint density at radius 3 is 2.88 bits per heavy atom. The Morgan fingerprint density at radius 2 is 2.29 bits per heavy atom. The summed E-state index contributed by atoms with van der Waals surface area (Å²) < 4.78 is 9.67. The van der Waals surface area contributed by atoms with Gasteiger partial charge < -0.3 is 9.47 Å². The van der Waals surface area contributed by atoms with E-state index in [-0.39, 0.29) is 19.2 Å². The summed E-state index contributed by atoms with van der Waals surface area (Å²) in [5.74, 6) is 0.634. The van der Waals surface area contributed by atoms with Crippen LogP contribution >= 0.6 is 0 Å². The Bertz CT molecular complexity index is 307. The number of hydrogen-bond donors (Lipinski definition) is 0. The number of allylic oxidation sites excluding steroid dienone is 1. The summed E-state index contributed by atoms with van der Waals surface area (Å²) in [5.41, 5.74) is 1.08. The van der Waals surface area contributed by atoms with E-state index in [1.54, 1.807) is 0 Å². The second-order valence-corrected chi connectivity index (χ2v) is 4.81. The van der Waals surface area contributed by atoms with Crippen LogP contribution in [0.1, 0.15) is 33.6 Å². The van der Waals surface area contributed by atoms with E-state index in [0.717, 1.165) is 18.4 Å². The first-order valence-electron chi connectivity index (χ1n) is 5.96. The average Bonchev–Trinajstić information content (AvgIpc) is 2.29. The Balaban J connectivity index is 2.51. The number of carbonyl (C=O) groups is 2. The molecule has 0 amide bonds. The van der Waals surface area contributed by atoms with E-state index in [9.17, 15) is 9.59 Å².